The largest absolute Gasteiger partial charge is 0.433 e. The van der Waals surface area contributed by atoms with Crippen molar-refractivity contribution in [3.05, 3.63) is 35.9 Å². The van der Waals surface area contributed by atoms with Crippen molar-refractivity contribution in [2.24, 2.45) is 5.41 Å². The molecule has 6 heterocycles. The number of nitrogens with zero attached hydrogens (tertiary/aromatic N) is 7. The Morgan fingerprint density at radius 2 is 1.94 bits per heavy atom. The van der Waals surface area contributed by atoms with Crippen LogP contribution in [0.5, 0.6) is 0 Å². The van der Waals surface area contributed by atoms with E-state index in [-0.39, 0.29) is 11.5 Å². The standard InChI is InChI=1S/C22H24F3N7O/c1-2-17-16-8-27-20(28-19(16)32(29-17)15-9-33-10-15)30-6-4-21(11-30)12-31(13-21)14-3-5-26-18(7-14)22(23,24)25/h3,5,7-8,15H,2,4,6,9-13H2,1H3. The summed E-state index contributed by atoms with van der Waals surface area (Å²) < 4.78 is 46.4. The topological polar surface area (TPSA) is 72.2 Å². The predicted octanol–water partition coefficient (Wildman–Crippen LogP) is 3.09. The molecule has 3 aromatic heterocycles. The number of hydrogen-bond acceptors (Lipinski definition) is 7. The number of rotatable bonds is 4. The number of pyridine rings is 1. The quantitative estimate of drug-likeness (QED) is 0.594. The molecule has 3 aliphatic rings. The summed E-state index contributed by atoms with van der Waals surface area (Å²) in [5.41, 5.74) is 1.59. The van der Waals surface area contributed by atoms with E-state index in [0.717, 1.165) is 48.7 Å². The zero-order chi connectivity index (χ0) is 22.8. The molecule has 0 unspecified atom stereocenters. The molecule has 174 valence electrons. The van der Waals surface area contributed by atoms with Crippen LogP contribution < -0.4 is 9.80 Å². The smallest absolute Gasteiger partial charge is 0.377 e. The van der Waals surface area contributed by atoms with E-state index in [2.05, 4.69) is 21.8 Å². The van der Waals surface area contributed by atoms with Gasteiger partial charge >= 0.3 is 6.18 Å². The third-order valence-corrected chi connectivity index (χ3v) is 6.99. The van der Waals surface area contributed by atoms with Gasteiger partial charge in [0.05, 0.1) is 24.3 Å². The average molecular weight is 459 g/mol. The molecule has 0 saturated carbocycles. The first kappa shape index (κ1) is 20.6. The summed E-state index contributed by atoms with van der Waals surface area (Å²) in [7, 11) is 0. The minimum atomic E-state index is -4.44. The fourth-order valence-electron chi connectivity index (χ4n) is 5.09. The molecular weight excluding hydrogens is 435 g/mol. The van der Waals surface area contributed by atoms with Gasteiger partial charge in [0.2, 0.25) is 5.95 Å². The Labute approximate surface area is 188 Å². The molecule has 0 aliphatic carbocycles. The minimum Gasteiger partial charge on any atom is -0.377 e. The first-order valence-electron chi connectivity index (χ1n) is 11.2. The third kappa shape index (κ3) is 3.40. The van der Waals surface area contributed by atoms with Gasteiger partial charge < -0.3 is 14.5 Å². The maximum absolute atomic E-state index is 13.0. The first-order valence-corrected chi connectivity index (χ1v) is 11.2. The lowest BCUT2D eigenvalue weighted by molar-refractivity contribution is -0.141. The van der Waals surface area contributed by atoms with E-state index in [1.165, 1.54) is 6.20 Å². The average Bonchev–Trinajstić information content (AvgIpc) is 3.33. The van der Waals surface area contributed by atoms with Crippen LogP contribution in [0.15, 0.2) is 24.5 Å². The van der Waals surface area contributed by atoms with Gasteiger partial charge in [0, 0.05) is 49.7 Å². The maximum atomic E-state index is 13.0. The highest BCUT2D eigenvalue weighted by Crippen LogP contribution is 2.43. The second-order valence-electron chi connectivity index (χ2n) is 9.27. The summed E-state index contributed by atoms with van der Waals surface area (Å²) in [4.78, 5) is 17.2. The fraction of sp³-hybridized carbons (Fsp3) is 0.545. The van der Waals surface area contributed by atoms with Crippen molar-refractivity contribution in [3.63, 3.8) is 0 Å². The van der Waals surface area contributed by atoms with E-state index in [1.54, 1.807) is 6.07 Å². The Morgan fingerprint density at radius 1 is 1.15 bits per heavy atom. The molecule has 0 atom stereocenters. The molecule has 0 N–H and O–H groups in total. The summed E-state index contributed by atoms with van der Waals surface area (Å²) >= 11 is 0. The molecule has 11 heteroatoms. The van der Waals surface area contributed by atoms with Crippen LogP contribution in [-0.2, 0) is 17.3 Å². The van der Waals surface area contributed by atoms with Gasteiger partial charge in [-0.15, -0.1) is 0 Å². The van der Waals surface area contributed by atoms with Gasteiger partial charge in [0.15, 0.2) is 5.65 Å². The van der Waals surface area contributed by atoms with Gasteiger partial charge in [-0.05, 0) is 25.0 Å². The highest BCUT2D eigenvalue weighted by Gasteiger charge is 2.48. The molecule has 6 rings (SSSR count). The SMILES string of the molecule is CCc1nn(C2COC2)c2nc(N3CCC4(CN(c5ccnc(C(F)(F)F)c5)C4)C3)ncc12. The molecule has 3 aliphatic heterocycles. The monoisotopic (exact) mass is 459 g/mol. The molecule has 0 amide bonds. The van der Waals surface area contributed by atoms with Crippen LogP contribution in [0.25, 0.3) is 11.0 Å². The number of ether oxygens (including phenoxy) is 1. The number of aromatic nitrogens is 5. The second-order valence-corrected chi connectivity index (χ2v) is 9.27. The van der Waals surface area contributed by atoms with Crippen molar-refractivity contribution in [2.75, 3.05) is 49.2 Å². The predicted molar refractivity (Wildman–Crippen MR) is 115 cm³/mol. The van der Waals surface area contributed by atoms with Gasteiger partial charge in [-0.2, -0.15) is 23.3 Å². The van der Waals surface area contributed by atoms with Gasteiger partial charge in [-0.1, -0.05) is 6.92 Å². The Morgan fingerprint density at radius 3 is 2.64 bits per heavy atom. The lowest BCUT2D eigenvalue weighted by Gasteiger charge is -2.49. The van der Waals surface area contributed by atoms with Gasteiger partial charge in [-0.25, -0.2) is 9.67 Å². The highest BCUT2D eigenvalue weighted by molar-refractivity contribution is 5.78. The molecule has 0 aromatic carbocycles. The Bertz CT molecular complexity index is 1200. The molecular formula is C22H24F3N7O. The maximum Gasteiger partial charge on any atom is 0.433 e. The number of halogens is 3. The van der Waals surface area contributed by atoms with E-state index in [1.807, 2.05) is 15.8 Å². The van der Waals surface area contributed by atoms with Crippen molar-refractivity contribution in [1.82, 2.24) is 24.7 Å². The van der Waals surface area contributed by atoms with Crippen LogP contribution in [-0.4, -0.2) is 64.1 Å². The second kappa shape index (κ2) is 7.28. The van der Waals surface area contributed by atoms with Crippen molar-refractivity contribution in [3.8, 4) is 0 Å². The molecule has 1 spiro atoms. The Hall–Kier alpha value is -2.95. The lowest BCUT2D eigenvalue weighted by atomic mass is 9.79. The van der Waals surface area contributed by atoms with Crippen LogP contribution in [0, 0.1) is 5.41 Å². The summed E-state index contributed by atoms with van der Waals surface area (Å²) in [5.74, 6) is 0.685. The summed E-state index contributed by atoms with van der Waals surface area (Å²) in [6.07, 6.45) is 0.432. The molecule has 0 radical (unpaired) electrons. The lowest BCUT2D eigenvalue weighted by Crippen LogP contribution is -2.57. The number of alkyl halides is 3. The number of hydrogen-bond donors (Lipinski definition) is 0. The van der Waals surface area contributed by atoms with Crippen LogP contribution in [0.1, 0.15) is 30.8 Å². The van der Waals surface area contributed by atoms with Gasteiger partial charge in [-0.3, -0.25) is 4.98 Å². The van der Waals surface area contributed by atoms with Crippen LogP contribution in [0.4, 0.5) is 24.8 Å². The number of fused-ring (bicyclic) bond motifs is 1. The van der Waals surface area contributed by atoms with Crippen molar-refractivity contribution < 1.29 is 17.9 Å². The normalized spacial score (nSPS) is 20.5. The van der Waals surface area contributed by atoms with E-state index in [9.17, 15) is 13.2 Å². The Balaban J connectivity index is 1.19. The first-order chi connectivity index (χ1) is 15.9. The van der Waals surface area contributed by atoms with Crippen LogP contribution >= 0.6 is 0 Å². The van der Waals surface area contributed by atoms with Crippen molar-refractivity contribution in [2.45, 2.75) is 32.0 Å². The van der Waals surface area contributed by atoms with E-state index >= 15 is 0 Å². The van der Waals surface area contributed by atoms with Gasteiger partial charge in [0.1, 0.15) is 11.7 Å². The minimum absolute atomic E-state index is 0.0383. The van der Waals surface area contributed by atoms with E-state index in [0.29, 0.717) is 37.9 Å². The fourth-order valence-corrected chi connectivity index (χ4v) is 5.09. The number of aryl methyl sites for hydroxylation is 1. The van der Waals surface area contributed by atoms with E-state index < -0.39 is 11.9 Å². The summed E-state index contributed by atoms with van der Waals surface area (Å²) in [6.45, 7) is 6.40. The molecule has 3 aromatic rings. The molecule has 3 saturated heterocycles. The Kier molecular flexibility index (Phi) is 4.55. The van der Waals surface area contributed by atoms with E-state index in [4.69, 9.17) is 14.8 Å². The summed E-state index contributed by atoms with van der Waals surface area (Å²) in [5, 5.41) is 5.73. The zero-order valence-corrected chi connectivity index (χ0v) is 18.2. The molecule has 8 nitrogen and oxygen atoms in total. The number of anilines is 2. The molecule has 33 heavy (non-hydrogen) atoms. The molecule has 0 bridgehead atoms. The van der Waals surface area contributed by atoms with Crippen LogP contribution in [0.3, 0.4) is 0 Å². The third-order valence-electron chi connectivity index (χ3n) is 6.99. The molecule has 3 fully saturated rings. The van der Waals surface area contributed by atoms with Gasteiger partial charge in [0.25, 0.3) is 0 Å². The zero-order valence-electron chi connectivity index (χ0n) is 18.2. The van der Waals surface area contributed by atoms with Crippen molar-refractivity contribution in [1.29, 1.82) is 0 Å². The summed E-state index contributed by atoms with van der Waals surface area (Å²) in [6, 6.07) is 2.98. The van der Waals surface area contributed by atoms with Crippen molar-refractivity contribution >= 4 is 22.7 Å². The van der Waals surface area contributed by atoms with Crippen LogP contribution in [0.2, 0.25) is 0 Å². The highest BCUT2D eigenvalue weighted by atomic mass is 19.4.